The minimum absolute atomic E-state index is 0.0424. The molecule has 0 fully saturated rings. The summed E-state index contributed by atoms with van der Waals surface area (Å²) in [5.74, 6) is -6.72. The number of carbonyl (C=O) groups excluding carboxylic acids is 4. The number of nitrogens with two attached hydrogens (primary N) is 5. The summed E-state index contributed by atoms with van der Waals surface area (Å²) >= 11 is 0. The lowest BCUT2D eigenvalue weighted by Crippen LogP contribution is -2.57. The van der Waals surface area contributed by atoms with Gasteiger partial charge in [-0.2, -0.15) is 0 Å². The standard InChI is InChI=1S/C20H37N9O8/c21-6-2-1-4-12(19(36)37)28-17(34)11(5-3-7-26-20(24)25)27-18(35)13(9-14(23)30)29-16(33)10(22)8-15(31)32/h10-13H,1-9,21-22H2,(H2,23,30)(H,27,35)(H,28,34)(H,29,33)(H,31,32)(H,36,37)(H4,24,25,26). The summed E-state index contributed by atoms with van der Waals surface area (Å²) in [5.41, 5.74) is 26.6. The van der Waals surface area contributed by atoms with Gasteiger partial charge in [-0.25, -0.2) is 4.79 Å². The highest BCUT2D eigenvalue weighted by molar-refractivity contribution is 5.96. The first kappa shape index (κ1) is 33.0. The number of hydrogen-bond acceptors (Lipinski definition) is 9. The Kier molecular flexibility index (Phi) is 15.6. The number of aliphatic imine (C=N–C) groups is 1. The highest BCUT2D eigenvalue weighted by Gasteiger charge is 2.31. The van der Waals surface area contributed by atoms with Gasteiger partial charge in [0.1, 0.15) is 18.1 Å². The van der Waals surface area contributed by atoms with Gasteiger partial charge < -0.3 is 54.8 Å². The fraction of sp³-hybridized carbons (Fsp3) is 0.650. The number of rotatable bonds is 19. The summed E-state index contributed by atoms with van der Waals surface area (Å²) in [6.07, 6.45) is -0.217. The monoisotopic (exact) mass is 531 g/mol. The maximum atomic E-state index is 12.9. The molecule has 15 N–H and O–H groups in total. The molecule has 37 heavy (non-hydrogen) atoms. The molecule has 0 aromatic rings. The molecule has 0 aromatic carbocycles. The number of guanidine groups is 1. The molecular formula is C20H37N9O8. The summed E-state index contributed by atoms with van der Waals surface area (Å²) in [6.45, 7) is 0.430. The molecule has 0 saturated heterocycles. The SMILES string of the molecule is NCCCCC(NC(=O)C(CCCN=C(N)N)NC(=O)C(CC(N)=O)NC(=O)C(N)CC(=O)O)C(=O)O. The lowest BCUT2D eigenvalue weighted by atomic mass is 10.1. The van der Waals surface area contributed by atoms with Crippen molar-refractivity contribution < 1.29 is 39.0 Å². The molecule has 17 heteroatoms. The first-order chi connectivity index (χ1) is 17.3. The van der Waals surface area contributed by atoms with Gasteiger partial charge in [0.2, 0.25) is 23.6 Å². The predicted molar refractivity (Wildman–Crippen MR) is 130 cm³/mol. The van der Waals surface area contributed by atoms with Crippen molar-refractivity contribution in [3.05, 3.63) is 0 Å². The fourth-order valence-electron chi connectivity index (χ4n) is 3.04. The van der Waals surface area contributed by atoms with E-state index in [4.69, 9.17) is 33.8 Å². The Hall–Kier alpha value is -3.99. The highest BCUT2D eigenvalue weighted by Crippen LogP contribution is 2.06. The smallest absolute Gasteiger partial charge is 0.326 e. The number of carbonyl (C=O) groups is 6. The van der Waals surface area contributed by atoms with Crippen LogP contribution in [0, 0.1) is 0 Å². The van der Waals surface area contributed by atoms with Crippen LogP contribution < -0.4 is 44.6 Å². The Morgan fingerprint density at radius 3 is 1.78 bits per heavy atom. The molecule has 0 spiro atoms. The van der Waals surface area contributed by atoms with Gasteiger partial charge in [0.05, 0.1) is 18.9 Å². The Morgan fingerprint density at radius 1 is 0.730 bits per heavy atom. The first-order valence-corrected chi connectivity index (χ1v) is 11.4. The maximum absolute atomic E-state index is 12.9. The highest BCUT2D eigenvalue weighted by atomic mass is 16.4. The molecule has 0 rings (SSSR count). The molecule has 17 nitrogen and oxygen atoms in total. The summed E-state index contributed by atoms with van der Waals surface area (Å²) in [7, 11) is 0. The van der Waals surface area contributed by atoms with E-state index in [1.807, 2.05) is 0 Å². The average Bonchev–Trinajstić information content (AvgIpc) is 2.78. The number of nitrogens with one attached hydrogen (secondary N) is 3. The fourth-order valence-corrected chi connectivity index (χ4v) is 3.04. The minimum atomic E-state index is -1.59. The van der Waals surface area contributed by atoms with E-state index in [1.165, 1.54) is 0 Å². The maximum Gasteiger partial charge on any atom is 0.326 e. The topological polar surface area (TPSA) is 321 Å². The van der Waals surface area contributed by atoms with E-state index in [1.54, 1.807) is 0 Å². The van der Waals surface area contributed by atoms with E-state index in [0.717, 1.165) is 0 Å². The molecular weight excluding hydrogens is 494 g/mol. The Bertz CT molecular complexity index is 848. The third kappa shape index (κ3) is 14.9. The number of unbranched alkanes of at least 4 members (excludes halogenated alkanes) is 1. The van der Waals surface area contributed by atoms with E-state index in [9.17, 15) is 33.9 Å². The van der Waals surface area contributed by atoms with E-state index < -0.39 is 72.6 Å². The number of carboxylic acids is 2. The van der Waals surface area contributed by atoms with E-state index in [0.29, 0.717) is 19.4 Å². The number of nitrogens with zero attached hydrogens (tertiary/aromatic N) is 1. The first-order valence-electron chi connectivity index (χ1n) is 11.4. The second-order valence-corrected chi connectivity index (χ2v) is 8.13. The van der Waals surface area contributed by atoms with Gasteiger partial charge in [-0.1, -0.05) is 0 Å². The average molecular weight is 532 g/mol. The number of carboxylic acid groups (broad SMARTS) is 2. The molecule has 0 radical (unpaired) electrons. The molecule has 0 aromatic heterocycles. The van der Waals surface area contributed by atoms with Crippen molar-refractivity contribution in [2.24, 2.45) is 33.7 Å². The minimum Gasteiger partial charge on any atom is -0.481 e. The van der Waals surface area contributed by atoms with Gasteiger partial charge in [0.15, 0.2) is 5.96 Å². The van der Waals surface area contributed by atoms with E-state index in [2.05, 4.69) is 20.9 Å². The molecule has 4 unspecified atom stereocenters. The molecule has 4 amide bonds. The van der Waals surface area contributed by atoms with Crippen molar-refractivity contribution in [2.75, 3.05) is 13.1 Å². The van der Waals surface area contributed by atoms with Gasteiger partial charge >= 0.3 is 11.9 Å². The van der Waals surface area contributed by atoms with Gasteiger partial charge in [-0.3, -0.25) is 29.0 Å². The summed E-state index contributed by atoms with van der Waals surface area (Å²) < 4.78 is 0. The third-order valence-corrected chi connectivity index (χ3v) is 4.91. The van der Waals surface area contributed by atoms with Crippen molar-refractivity contribution in [3.63, 3.8) is 0 Å². The largest absolute Gasteiger partial charge is 0.481 e. The van der Waals surface area contributed by atoms with Crippen LogP contribution in [0.5, 0.6) is 0 Å². The van der Waals surface area contributed by atoms with Crippen LogP contribution in [0.1, 0.15) is 44.9 Å². The number of primary amides is 1. The van der Waals surface area contributed by atoms with Gasteiger partial charge in [-0.05, 0) is 38.6 Å². The molecule has 0 heterocycles. The quantitative estimate of drug-likeness (QED) is 0.0427. The Labute approximate surface area is 212 Å². The second kappa shape index (κ2) is 17.4. The van der Waals surface area contributed by atoms with Crippen LogP contribution in [-0.4, -0.2) is 89.0 Å². The molecule has 0 saturated carbocycles. The molecule has 210 valence electrons. The third-order valence-electron chi connectivity index (χ3n) is 4.91. The van der Waals surface area contributed by atoms with Crippen molar-refractivity contribution in [1.82, 2.24) is 16.0 Å². The molecule has 0 aliphatic rings. The van der Waals surface area contributed by atoms with Crippen LogP contribution in [0.2, 0.25) is 0 Å². The van der Waals surface area contributed by atoms with Crippen LogP contribution in [0.4, 0.5) is 0 Å². The summed E-state index contributed by atoms with van der Waals surface area (Å²) in [6, 6.07) is -5.67. The lowest BCUT2D eigenvalue weighted by Gasteiger charge is -2.24. The number of amides is 4. The molecule has 0 bridgehead atoms. The molecule has 0 aliphatic carbocycles. The molecule has 4 atom stereocenters. The lowest BCUT2D eigenvalue weighted by molar-refractivity contribution is -0.142. The van der Waals surface area contributed by atoms with E-state index >= 15 is 0 Å². The van der Waals surface area contributed by atoms with Crippen molar-refractivity contribution in [3.8, 4) is 0 Å². The number of hydrogen-bond donors (Lipinski definition) is 10. The Balaban J connectivity index is 5.64. The van der Waals surface area contributed by atoms with Crippen molar-refractivity contribution in [1.29, 1.82) is 0 Å². The van der Waals surface area contributed by atoms with Crippen LogP contribution in [0.25, 0.3) is 0 Å². The van der Waals surface area contributed by atoms with Crippen LogP contribution in [0.3, 0.4) is 0 Å². The van der Waals surface area contributed by atoms with Crippen LogP contribution >= 0.6 is 0 Å². The van der Waals surface area contributed by atoms with Crippen LogP contribution in [-0.2, 0) is 28.8 Å². The predicted octanol–water partition coefficient (Wildman–Crippen LogP) is -4.61. The number of aliphatic carboxylic acids is 2. The normalized spacial score (nSPS) is 13.8. The summed E-state index contributed by atoms with van der Waals surface area (Å²) in [5, 5.41) is 25.1. The zero-order valence-corrected chi connectivity index (χ0v) is 20.4. The zero-order chi connectivity index (χ0) is 28.5. The van der Waals surface area contributed by atoms with Gasteiger partial charge in [-0.15, -0.1) is 0 Å². The van der Waals surface area contributed by atoms with Crippen molar-refractivity contribution in [2.45, 2.75) is 69.1 Å². The zero-order valence-electron chi connectivity index (χ0n) is 20.4. The summed E-state index contributed by atoms with van der Waals surface area (Å²) in [4.78, 5) is 75.5. The van der Waals surface area contributed by atoms with Gasteiger partial charge in [0.25, 0.3) is 0 Å². The Morgan fingerprint density at radius 2 is 1.27 bits per heavy atom. The van der Waals surface area contributed by atoms with Crippen molar-refractivity contribution >= 4 is 41.5 Å². The van der Waals surface area contributed by atoms with Crippen LogP contribution in [0.15, 0.2) is 4.99 Å². The van der Waals surface area contributed by atoms with E-state index in [-0.39, 0.29) is 31.8 Å². The molecule has 0 aliphatic heterocycles. The second-order valence-electron chi connectivity index (χ2n) is 8.13. The van der Waals surface area contributed by atoms with Gasteiger partial charge in [0, 0.05) is 6.54 Å².